The molecule has 1 saturated heterocycles. The van der Waals surface area contributed by atoms with Crippen molar-refractivity contribution in [1.29, 1.82) is 0 Å². The molecule has 5 rings (SSSR count). The summed E-state index contributed by atoms with van der Waals surface area (Å²) in [7, 11) is 0.500. The summed E-state index contributed by atoms with van der Waals surface area (Å²) in [5.41, 5.74) is 7.62. The summed E-state index contributed by atoms with van der Waals surface area (Å²) in [6.45, 7) is 3.98. The lowest BCUT2D eigenvalue weighted by molar-refractivity contribution is -0.00414. The summed E-state index contributed by atoms with van der Waals surface area (Å²) in [6, 6.07) is 3.12. The van der Waals surface area contributed by atoms with Gasteiger partial charge in [-0.05, 0) is 56.2 Å². The van der Waals surface area contributed by atoms with E-state index in [4.69, 9.17) is 5.73 Å². The van der Waals surface area contributed by atoms with E-state index in [1.54, 1.807) is 29.8 Å². The van der Waals surface area contributed by atoms with Gasteiger partial charge < -0.3 is 15.2 Å². The molecule has 170 valence electrons. The van der Waals surface area contributed by atoms with E-state index < -0.39 is 6.17 Å². The highest BCUT2D eigenvalue weighted by atomic mass is 19.3. The standard InChI is InChI=1S/C22H27F2N3O2.CH3F/c1-13-10-27(18-9-16(18)23)19-15(20(13)28)3-4-17(21(19)29-24)26-8-5-14(11-26)22(12-25)6-2-7-22;1-2/h3-4,10,14,16,18H,2,5-9,11-12,25H2,1H3;1H3. The van der Waals surface area contributed by atoms with E-state index in [1.165, 1.54) is 6.42 Å². The lowest BCUT2D eigenvalue weighted by Gasteiger charge is -2.46. The van der Waals surface area contributed by atoms with E-state index in [1.807, 2.05) is 0 Å². The first-order valence-electron chi connectivity index (χ1n) is 10.9. The van der Waals surface area contributed by atoms with Crippen LogP contribution < -0.4 is 21.0 Å². The minimum Gasteiger partial charge on any atom is -0.368 e. The van der Waals surface area contributed by atoms with Crippen LogP contribution in [0.25, 0.3) is 10.9 Å². The van der Waals surface area contributed by atoms with Crippen LogP contribution >= 0.6 is 0 Å². The maximum Gasteiger partial charge on any atom is 0.219 e. The first-order chi connectivity index (χ1) is 15.0. The first-order valence-corrected chi connectivity index (χ1v) is 10.9. The molecule has 3 aliphatic rings. The fourth-order valence-electron chi connectivity index (χ4n) is 5.46. The summed E-state index contributed by atoms with van der Waals surface area (Å²) >= 11 is 0. The van der Waals surface area contributed by atoms with Crippen molar-refractivity contribution in [3.8, 4) is 5.75 Å². The van der Waals surface area contributed by atoms with Gasteiger partial charge >= 0.3 is 0 Å². The Hall–Kier alpha value is -2.22. The molecular formula is C23H30F3N3O2. The number of halogens is 3. The number of hydrogen-bond donors (Lipinski definition) is 1. The van der Waals surface area contributed by atoms with Gasteiger partial charge in [0, 0.05) is 35.8 Å². The number of fused-ring (bicyclic) bond motifs is 1. The molecule has 3 unspecified atom stereocenters. The molecule has 3 atom stereocenters. The lowest BCUT2D eigenvalue weighted by atomic mass is 9.61. The maximum absolute atomic E-state index is 13.9. The first kappa shape index (κ1) is 22.0. The molecule has 1 aromatic carbocycles. The fraction of sp³-hybridized carbons (Fsp3) is 0.609. The van der Waals surface area contributed by atoms with Crippen molar-refractivity contribution in [2.24, 2.45) is 17.1 Å². The van der Waals surface area contributed by atoms with Gasteiger partial charge in [0.25, 0.3) is 0 Å². The number of nitrogens with two attached hydrogens (primary N) is 1. The molecule has 2 aliphatic carbocycles. The third-order valence-electron chi connectivity index (χ3n) is 7.57. The average molecular weight is 438 g/mol. The molecule has 0 spiro atoms. The number of anilines is 1. The number of alkyl halides is 2. The summed E-state index contributed by atoms with van der Waals surface area (Å²) in [5.74, 6) is 0.498. The maximum atomic E-state index is 13.9. The molecule has 2 saturated carbocycles. The lowest BCUT2D eigenvalue weighted by Crippen LogP contribution is -2.44. The molecular weight excluding hydrogens is 407 g/mol. The van der Waals surface area contributed by atoms with Gasteiger partial charge in [0.1, 0.15) is 11.7 Å². The molecule has 2 N–H and O–H groups in total. The second-order valence-corrected chi connectivity index (χ2v) is 9.11. The zero-order valence-corrected chi connectivity index (χ0v) is 18.0. The van der Waals surface area contributed by atoms with Crippen molar-refractivity contribution < 1.29 is 18.2 Å². The highest BCUT2D eigenvalue weighted by molar-refractivity contribution is 5.91. The molecule has 1 aromatic heterocycles. The van der Waals surface area contributed by atoms with E-state index >= 15 is 0 Å². The van der Waals surface area contributed by atoms with E-state index in [0.29, 0.717) is 48.2 Å². The van der Waals surface area contributed by atoms with E-state index in [-0.39, 0.29) is 22.6 Å². The molecule has 2 heterocycles. The number of aryl methyl sites for hydroxylation is 1. The third-order valence-corrected chi connectivity index (χ3v) is 7.57. The van der Waals surface area contributed by atoms with Gasteiger partial charge in [0.05, 0.1) is 24.3 Å². The van der Waals surface area contributed by atoms with Crippen molar-refractivity contribution in [2.45, 2.75) is 51.2 Å². The topological polar surface area (TPSA) is 60.5 Å². The molecule has 2 aromatic rings. The summed E-state index contributed by atoms with van der Waals surface area (Å²) in [5, 5.41) is 0.369. The van der Waals surface area contributed by atoms with Gasteiger partial charge in [-0.25, -0.2) is 4.39 Å². The number of aromatic nitrogens is 1. The predicted octanol–water partition coefficient (Wildman–Crippen LogP) is 4.40. The molecule has 0 radical (unpaired) electrons. The molecule has 0 bridgehead atoms. The Bertz CT molecular complexity index is 1020. The minimum atomic E-state index is -0.976. The van der Waals surface area contributed by atoms with Gasteiger partial charge in [-0.2, -0.15) is 0 Å². The predicted molar refractivity (Wildman–Crippen MR) is 116 cm³/mol. The quantitative estimate of drug-likeness (QED) is 0.753. The number of nitrogens with zero attached hydrogens (tertiary/aromatic N) is 2. The van der Waals surface area contributed by atoms with Crippen LogP contribution in [0.15, 0.2) is 23.1 Å². The fourth-order valence-corrected chi connectivity index (χ4v) is 5.46. The van der Waals surface area contributed by atoms with Gasteiger partial charge in [0.15, 0.2) is 5.43 Å². The Balaban J connectivity index is 0.00000112. The second kappa shape index (κ2) is 8.37. The number of benzene rings is 1. The number of rotatable bonds is 5. The van der Waals surface area contributed by atoms with Gasteiger partial charge in [0.2, 0.25) is 5.75 Å². The van der Waals surface area contributed by atoms with Gasteiger partial charge in [-0.3, -0.25) is 14.1 Å². The largest absolute Gasteiger partial charge is 0.368 e. The van der Waals surface area contributed by atoms with Crippen molar-refractivity contribution >= 4 is 16.6 Å². The van der Waals surface area contributed by atoms with Crippen LogP contribution in [-0.4, -0.2) is 37.6 Å². The van der Waals surface area contributed by atoms with Crippen LogP contribution in [0.2, 0.25) is 0 Å². The van der Waals surface area contributed by atoms with Crippen LogP contribution in [0.4, 0.5) is 19.0 Å². The summed E-state index contributed by atoms with van der Waals surface area (Å²) in [6.07, 6.45) is 5.58. The average Bonchev–Trinajstić information content (AvgIpc) is 3.28. The zero-order valence-electron chi connectivity index (χ0n) is 18.0. The Morgan fingerprint density at radius 3 is 2.55 bits per heavy atom. The third kappa shape index (κ3) is 3.49. The van der Waals surface area contributed by atoms with Crippen LogP contribution in [-0.2, 0) is 0 Å². The Labute approximate surface area is 179 Å². The van der Waals surface area contributed by atoms with Crippen molar-refractivity contribution in [3.05, 3.63) is 34.1 Å². The molecule has 5 nitrogen and oxygen atoms in total. The highest BCUT2D eigenvalue weighted by Gasteiger charge is 2.46. The van der Waals surface area contributed by atoms with E-state index in [2.05, 4.69) is 9.84 Å². The van der Waals surface area contributed by atoms with Gasteiger partial charge in [-0.1, -0.05) is 6.42 Å². The monoisotopic (exact) mass is 437 g/mol. The normalized spacial score (nSPS) is 26.3. The Morgan fingerprint density at radius 2 is 2.00 bits per heavy atom. The number of pyridine rings is 1. The highest BCUT2D eigenvalue weighted by Crippen LogP contribution is 2.51. The van der Waals surface area contributed by atoms with Crippen LogP contribution in [0.3, 0.4) is 0 Å². The molecule has 0 amide bonds. The van der Waals surface area contributed by atoms with E-state index in [0.717, 1.165) is 32.4 Å². The summed E-state index contributed by atoms with van der Waals surface area (Å²) in [4.78, 5) is 19.1. The molecule has 3 fully saturated rings. The zero-order chi connectivity index (χ0) is 22.3. The smallest absolute Gasteiger partial charge is 0.219 e. The molecule has 8 heteroatoms. The SMILES string of the molecule is CF.Cc1cn(C2CC2F)c2c(OF)c(N3CCC(C4(CN)CCC4)C3)ccc2c1=O. The van der Waals surface area contributed by atoms with Gasteiger partial charge in [-0.15, -0.1) is 0 Å². The van der Waals surface area contributed by atoms with Crippen molar-refractivity contribution in [1.82, 2.24) is 4.57 Å². The summed E-state index contributed by atoms with van der Waals surface area (Å²) < 4.78 is 38.9. The van der Waals surface area contributed by atoms with Crippen LogP contribution in [0.5, 0.6) is 5.75 Å². The number of hydrogen-bond acceptors (Lipinski definition) is 4. The van der Waals surface area contributed by atoms with Crippen molar-refractivity contribution in [2.75, 3.05) is 31.7 Å². The Kier molecular flexibility index (Phi) is 5.94. The molecule has 31 heavy (non-hydrogen) atoms. The molecule has 1 aliphatic heterocycles. The van der Waals surface area contributed by atoms with Crippen molar-refractivity contribution in [3.63, 3.8) is 0 Å². The van der Waals surface area contributed by atoms with Crippen LogP contribution in [0.1, 0.15) is 43.7 Å². The minimum absolute atomic E-state index is 0.0229. The second-order valence-electron chi connectivity index (χ2n) is 9.11. The van der Waals surface area contributed by atoms with Crippen LogP contribution in [0, 0.1) is 18.3 Å². The van der Waals surface area contributed by atoms with E-state index in [9.17, 15) is 18.1 Å². The Morgan fingerprint density at radius 1 is 1.29 bits per heavy atom.